The third-order valence-electron chi connectivity index (χ3n) is 2.58. The summed E-state index contributed by atoms with van der Waals surface area (Å²) < 4.78 is 7.94. The van der Waals surface area contributed by atoms with Crippen LogP contribution in [0.15, 0.2) is 18.2 Å². The van der Waals surface area contributed by atoms with Crippen molar-refractivity contribution in [3.8, 4) is 0 Å². The fourth-order valence-electron chi connectivity index (χ4n) is 1.64. The van der Waals surface area contributed by atoms with E-state index in [-0.39, 0.29) is 6.10 Å². The van der Waals surface area contributed by atoms with Crippen LogP contribution < -0.4 is 0 Å². The molecule has 0 bridgehead atoms. The molecule has 0 fully saturated rings. The van der Waals surface area contributed by atoms with E-state index >= 15 is 0 Å². The van der Waals surface area contributed by atoms with Gasteiger partial charge in [0.1, 0.15) is 0 Å². The predicted molar refractivity (Wildman–Crippen MR) is 68.6 cm³/mol. The molecule has 1 heterocycles. The van der Waals surface area contributed by atoms with Gasteiger partial charge in [-0.15, -0.1) is 0 Å². The highest BCUT2D eigenvalue weighted by molar-refractivity contribution is 7.71. The summed E-state index contributed by atoms with van der Waals surface area (Å²) in [6, 6.07) is 5.69. The van der Waals surface area contributed by atoms with Crippen LogP contribution in [0.3, 0.4) is 0 Å². The zero-order valence-corrected chi connectivity index (χ0v) is 10.7. The molecule has 1 atom stereocenters. The van der Waals surface area contributed by atoms with Gasteiger partial charge in [0.15, 0.2) is 4.77 Å². The average molecular weight is 257 g/mol. The first-order valence-corrected chi connectivity index (χ1v) is 5.81. The Morgan fingerprint density at radius 3 is 3.00 bits per heavy atom. The Labute approximate surface area is 104 Å². The maximum Gasteiger partial charge on any atom is 0.178 e. The molecule has 5 heteroatoms. The topological polar surface area (TPSA) is 29.9 Å². The van der Waals surface area contributed by atoms with Crippen molar-refractivity contribution in [1.29, 1.82) is 0 Å². The van der Waals surface area contributed by atoms with Crippen LogP contribution in [0.5, 0.6) is 0 Å². The van der Waals surface area contributed by atoms with Crippen LogP contribution in [-0.4, -0.2) is 22.8 Å². The number of nitrogens with zero attached hydrogens (tertiary/aromatic N) is 1. The number of ether oxygens (including phenoxy) is 1. The van der Waals surface area contributed by atoms with Gasteiger partial charge in [0, 0.05) is 12.1 Å². The first-order chi connectivity index (χ1) is 7.61. The molecule has 16 heavy (non-hydrogen) atoms. The Bertz CT molecular complexity index is 561. The lowest BCUT2D eigenvalue weighted by molar-refractivity contribution is 0.104. The number of methoxy groups -OCH3 is 1. The standard InChI is InChI=1S/C11H13ClN2OS/c1-7(15-2)6-14-10-5-8(12)3-4-9(10)13-11(14)16/h3-5,7H,6H2,1-2H3,(H,13,16). The fourth-order valence-corrected chi connectivity index (χ4v) is 2.09. The minimum Gasteiger partial charge on any atom is -0.380 e. The van der Waals surface area contributed by atoms with Gasteiger partial charge in [0.05, 0.1) is 23.7 Å². The van der Waals surface area contributed by atoms with Crippen molar-refractivity contribution in [2.45, 2.75) is 19.6 Å². The third-order valence-corrected chi connectivity index (χ3v) is 3.14. The second kappa shape index (κ2) is 4.57. The van der Waals surface area contributed by atoms with Gasteiger partial charge in [0.25, 0.3) is 0 Å². The van der Waals surface area contributed by atoms with Crippen molar-refractivity contribution in [2.75, 3.05) is 7.11 Å². The van der Waals surface area contributed by atoms with Crippen molar-refractivity contribution < 1.29 is 4.74 Å². The number of nitrogens with one attached hydrogen (secondary N) is 1. The summed E-state index contributed by atoms with van der Waals surface area (Å²) in [7, 11) is 1.69. The molecule has 1 aromatic heterocycles. The highest BCUT2D eigenvalue weighted by Gasteiger charge is 2.08. The smallest absolute Gasteiger partial charge is 0.178 e. The van der Waals surface area contributed by atoms with E-state index in [1.165, 1.54) is 0 Å². The summed E-state index contributed by atoms with van der Waals surface area (Å²) in [5, 5.41) is 0.709. The number of fused-ring (bicyclic) bond motifs is 1. The van der Waals surface area contributed by atoms with Gasteiger partial charge in [-0.1, -0.05) is 11.6 Å². The molecule has 1 unspecified atom stereocenters. The lowest BCUT2D eigenvalue weighted by Gasteiger charge is -2.10. The molecule has 0 aliphatic rings. The lowest BCUT2D eigenvalue weighted by Crippen LogP contribution is -2.14. The molecule has 2 rings (SSSR count). The first-order valence-electron chi connectivity index (χ1n) is 5.02. The second-order valence-corrected chi connectivity index (χ2v) is 4.57. The van der Waals surface area contributed by atoms with E-state index in [1.54, 1.807) is 7.11 Å². The molecule has 0 amide bonds. The zero-order chi connectivity index (χ0) is 11.7. The second-order valence-electron chi connectivity index (χ2n) is 3.75. The average Bonchev–Trinajstić information content (AvgIpc) is 2.55. The normalized spacial score (nSPS) is 13.2. The minimum absolute atomic E-state index is 0.115. The van der Waals surface area contributed by atoms with E-state index in [9.17, 15) is 0 Å². The Hall–Kier alpha value is -0.840. The Kier molecular flexibility index (Phi) is 3.33. The van der Waals surface area contributed by atoms with E-state index in [0.717, 1.165) is 17.6 Å². The maximum atomic E-state index is 5.98. The van der Waals surface area contributed by atoms with Gasteiger partial charge in [-0.05, 0) is 37.3 Å². The van der Waals surface area contributed by atoms with Gasteiger partial charge >= 0.3 is 0 Å². The van der Waals surface area contributed by atoms with Gasteiger partial charge in [-0.25, -0.2) is 0 Å². The van der Waals surface area contributed by atoms with E-state index < -0.39 is 0 Å². The van der Waals surface area contributed by atoms with Crippen LogP contribution in [0.1, 0.15) is 6.92 Å². The van der Waals surface area contributed by atoms with E-state index in [1.807, 2.05) is 29.7 Å². The van der Waals surface area contributed by atoms with Crippen molar-refractivity contribution in [1.82, 2.24) is 9.55 Å². The monoisotopic (exact) mass is 256 g/mol. The van der Waals surface area contributed by atoms with E-state index in [0.29, 0.717) is 9.79 Å². The van der Waals surface area contributed by atoms with Gasteiger partial charge in [-0.3, -0.25) is 0 Å². The Balaban J connectivity index is 2.54. The number of halogens is 1. The molecule has 0 saturated heterocycles. The summed E-state index contributed by atoms with van der Waals surface area (Å²) in [5.74, 6) is 0. The molecular formula is C11H13ClN2OS. The third kappa shape index (κ3) is 2.14. The summed E-state index contributed by atoms with van der Waals surface area (Å²) in [4.78, 5) is 3.15. The molecule has 0 aliphatic heterocycles. The fraction of sp³-hybridized carbons (Fsp3) is 0.364. The van der Waals surface area contributed by atoms with Gasteiger partial charge in [-0.2, -0.15) is 0 Å². The van der Waals surface area contributed by atoms with Crippen molar-refractivity contribution >= 4 is 34.9 Å². The summed E-state index contributed by atoms with van der Waals surface area (Å²) in [6.07, 6.45) is 0.115. The molecule has 0 radical (unpaired) electrons. The molecular weight excluding hydrogens is 244 g/mol. The van der Waals surface area contributed by atoms with Crippen molar-refractivity contribution in [3.05, 3.63) is 28.0 Å². The van der Waals surface area contributed by atoms with Gasteiger partial charge in [0.2, 0.25) is 0 Å². The van der Waals surface area contributed by atoms with E-state index in [2.05, 4.69) is 4.98 Å². The first kappa shape index (κ1) is 11.6. The molecule has 1 N–H and O–H groups in total. The maximum absolute atomic E-state index is 5.98. The zero-order valence-electron chi connectivity index (χ0n) is 9.16. The molecule has 0 spiro atoms. The van der Waals surface area contributed by atoms with Crippen LogP contribution in [-0.2, 0) is 11.3 Å². The minimum atomic E-state index is 0.115. The number of imidazole rings is 1. The van der Waals surface area contributed by atoms with Crippen molar-refractivity contribution in [2.24, 2.45) is 0 Å². The number of benzene rings is 1. The SMILES string of the molecule is COC(C)Cn1c(=S)[nH]c2ccc(Cl)cc21. The molecule has 2 aromatic rings. The Morgan fingerprint density at radius 1 is 1.56 bits per heavy atom. The predicted octanol–water partition coefficient (Wildman–Crippen LogP) is 3.39. The summed E-state index contributed by atoms with van der Waals surface area (Å²) >= 11 is 11.2. The van der Waals surface area contributed by atoms with Gasteiger partial charge < -0.3 is 14.3 Å². The number of aromatic nitrogens is 2. The number of rotatable bonds is 3. The van der Waals surface area contributed by atoms with Crippen LogP contribution in [0.2, 0.25) is 5.02 Å². The quantitative estimate of drug-likeness (QED) is 0.854. The number of hydrogen-bond acceptors (Lipinski definition) is 2. The molecule has 1 aromatic carbocycles. The highest BCUT2D eigenvalue weighted by atomic mass is 35.5. The molecule has 86 valence electrons. The largest absolute Gasteiger partial charge is 0.380 e. The number of aromatic amines is 1. The number of H-pyrrole nitrogens is 1. The summed E-state index contributed by atoms with van der Waals surface area (Å²) in [5.41, 5.74) is 2.01. The Morgan fingerprint density at radius 2 is 2.31 bits per heavy atom. The van der Waals surface area contributed by atoms with Crippen LogP contribution >= 0.6 is 23.8 Å². The lowest BCUT2D eigenvalue weighted by atomic mass is 10.3. The summed E-state index contributed by atoms with van der Waals surface area (Å²) in [6.45, 7) is 2.72. The highest BCUT2D eigenvalue weighted by Crippen LogP contribution is 2.19. The molecule has 0 aliphatic carbocycles. The van der Waals surface area contributed by atoms with Crippen molar-refractivity contribution in [3.63, 3.8) is 0 Å². The molecule has 3 nitrogen and oxygen atoms in total. The van der Waals surface area contributed by atoms with Crippen LogP contribution in [0.25, 0.3) is 11.0 Å². The van der Waals surface area contributed by atoms with Crippen LogP contribution in [0.4, 0.5) is 0 Å². The van der Waals surface area contributed by atoms with E-state index in [4.69, 9.17) is 28.6 Å². The van der Waals surface area contributed by atoms with Crippen LogP contribution in [0, 0.1) is 4.77 Å². The molecule has 0 saturated carbocycles. The number of hydrogen-bond donors (Lipinski definition) is 1.